The molecule has 3 rings (SSSR count). The number of amides is 2. The molecule has 2 aromatic rings. The Hall–Kier alpha value is -2.87. The maximum absolute atomic E-state index is 13.1. The average molecular weight is 420 g/mol. The Balaban J connectivity index is 1.50. The molecule has 5 nitrogen and oxygen atoms in total. The van der Waals surface area contributed by atoms with Crippen LogP contribution in [0.1, 0.15) is 16.7 Å². The second-order valence-corrected chi connectivity index (χ2v) is 7.50. The number of hydrogen-bond donors (Lipinski definition) is 2. The summed E-state index contributed by atoms with van der Waals surface area (Å²) in [5.74, 6) is -0.423. The summed E-state index contributed by atoms with van der Waals surface area (Å²) in [5.41, 5.74) is 0.979. The van der Waals surface area contributed by atoms with E-state index < -0.39 is 17.6 Å². The Morgan fingerprint density at radius 2 is 1.67 bits per heavy atom. The molecule has 0 spiro atoms. The number of nitrogens with one attached hydrogen (secondary N) is 2. The zero-order valence-electron chi connectivity index (χ0n) is 16.8. The van der Waals surface area contributed by atoms with Gasteiger partial charge in [-0.05, 0) is 30.2 Å². The molecule has 2 N–H and O–H groups in total. The minimum absolute atomic E-state index is 0.0481. The lowest BCUT2D eigenvalue weighted by Crippen LogP contribution is -3.15. The van der Waals surface area contributed by atoms with Gasteiger partial charge >= 0.3 is 6.18 Å². The fraction of sp³-hybridized carbons (Fsp3) is 0.364. The van der Waals surface area contributed by atoms with Crippen LogP contribution in [-0.4, -0.2) is 49.4 Å². The van der Waals surface area contributed by atoms with Crippen LogP contribution in [0.25, 0.3) is 0 Å². The van der Waals surface area contributed by atoms with Crippen LogP contribution in [0.3, 0.4) is 0 Å². The van der Waals surface area contributed by atoms with Crippen LogP contribution in [0.15, 0.2) is 48.5 Å². The summed E-state index contributed by atoms with van der Waals surface area (Å²) < 4.78 is 39.2. The van der Waals surface area contributed by atoms with Gasteiger partial charge in [0.1, 0.15) is 0 Å². The van der Waals surface area contributed by atoms with Crippen molar-refractivity contribution in [1.29, 1.82) is 0 Å². The van der Waals surface area contributed by atoms with E-state index in [1.165, 1.54) is 18.2 Å². The molecule has 1 heterocycles. The monoisotopic (exact) mass is 420 g/mol. The molecule has 0 atom stereocenters. The molecule has 0 unspecified atom stereocenters. The first kappa shape index (κ1) is 21.8. The maximum atomic E-state index is 13.1. The summed E-state index contributed by atoms with van der Waals surface area (Å²) in [6, 6.07) is 12.7. The molecule has 1 aliphatic rings. The molecule has 0 aliphatic carbocycles. The van der Waals surface area contributed by atoms with Crippen molar-refractivity contribution in [2.45, 2.75) is 19.5 Å². The van der Waals surface area contributed by atoms with E-state index in [4.69, 9.17) is 0 Å². The molecule has 0 radical (unpaired) electrons. The summed E-state index contributed by atoms with van der Waals surface area (Å²) in [6.45, 7) is 4.23. The third-order valence-corrected chi connectivity index (χ3v) is 5.34. The van der Waals surface area contributed by atoms with Gasteiger partial charge in [-0.1, -0.05) is 36.4 Å². The summed E-state index contributed by atoms with van der Waals surface area (Å²) >= 11 is 0. The van der Waals surface area contributed by atoms with Crippen LogP contribution in [-0.2, 0) is 22.2 Å². The molecule has 1 aliphatic heterocycles. The predicted molar refractivity (Wildman–Crippen MR) is 107 cm³/mol. The number of anilines is 1. The number of piperazine rings is 1. The number of rotatable bonds is 5. The van der Waals surface area contributed by atoms with E-state index in [9.17, 15) is 22.8 Å². The van der Waals surface area contributed by atoms with Crippen molar-refractivity contribution in [3.8, 4) is 0 Å². The maximum Gasteiger partial charge on any atom is 0.418 e. The first-order chi connectivity index (χ1) is 14.2. The molecule has 1 fully saturated rings. The molecule has 1 saturated heterocycles. The van der Waals surface area contributed by atoms with E-state index >= 15 is 0 Å². The van der Waals surface area contributed by atoms with Crippen LogP contribution >= 0.6 is 0 Å². The number of para-hydroxylation sites is 1. The zero-order chi connectivity index (χ0) is 21.7. The number of hydrogen-bond acceptors (Lipinski definition) is 2. The number of quaternary nitrogens is 1. The van der Waals surface area contributed by atoms with Crippen LogP contribution in [0.2, 0.25) is 0 Å². The molecular weight excluding hydrogens is 395 g/mol. The van der Waals surface area contributed by atoms with Gasteiger partial charge in [-0.15, -0.1) is 0 Å². The van der Waals surface area contributed by atoms with E-state index in [-0.39, 0.29) is 18.1 Å². The third-order valence-electron chi connectivity index (χ3n) is 5.34. The van der Waals surface area contributed by atoms with Gasteiger partial charge in [0.25, 0.3) is 5.91 Å². The van der Waals surface area contributed by atoms with Gasteiger partial charge in [0.15, 0.2) is 6.54 Å². The van der Waals surface area contributed by atoms with E-state index in [0.717, 1.165) is 22.1 Å². The van der Waals surface area contributed by atoms with Gasteiger partial charge in [0.2, 0.25) is 5.91 Å². The Labute approximate surface area is 173 Å². The summed E-state index contributed by atoms with van der Waals surface area (Å²) in [4.78, 5) is 27.6. The number of carbonyl (C=O) groups excluding carboxylic acids is 2. The Kier molecular flexibility index (Phi) is 6.77. The number of carbonyl (C=O) groups is 2. The molecule has 0 saturated carbocycles. The number of aryl methyl sites for hydroxylation is 1. The number of nitrogens with zero attached hydrogens (tertiary/aromatic N) is 1. The second-order valence-electron chi connectivity index (χ2n) is 7.50. The molecule has 0 aromatic heterocycles. The lowest BCUT2D eigenvalue weighted by molar-refractivity contribution is -0.895. The molecule has 8 heteroatoms. The number of benzene rings is 2. The van der Waals surface area contributed by atoms with E-state index in [0.29, 0.717) is 32.6 Å². The summed E-state index contributed by atoms with van der Waals surface area (Å²) in [7, 11) is 0. The summed E-state index contributed by atoms with van der Waals surface area (Å²) in [5, 5.41) is 2.38. The minimum atomic E-state index is -4.53. The molecule has 0 bridgehead atoms. The SMILES string of the molecule is Cc1ccccc1CC(=O)N1CC[NH+](CC(=O)Nc2ccccc2C(F)(F)F)CC1. The van der Waals surface area contributed by atoms with Gasteiger partial charge < -0.3 is 15.1 Å². The van der Waals surface area contributed by atoms with Crippen molar-refractivity contribution in [2.24, 2.45) is 0 Å². The highest BCUT2D eigenvalue weighted by Crippen LogP contribution is 2.34. The van der Waals surface area contributed by atoms with Gasteiger partial charge in [0.05, 0.1) is 43.9 Å². The zero-order valence-corrected chi connectivity index (χ0v) is 16.8. The third kappa shape index (κ3) is 5.60. The quantitative estimate of drug-likeness (QED) is 0.777. The van der Waals surface area contributed by atoms with E-state index in [2.05, 4.69) is 5.32 Å². The molecule has 30 heavy (non-hydrogen) atoms. The van der Waals surface area contributed by atoms with Crippen molar-refractivity contribution in [3.63, 3.8) is 0 Å². The highest BCUT2D eigenvalue weighted by Gasteiger charge is 2.34. The van der Waals surface area contributed by atoms with Crippen molar-refractivity contribution in [1.82, 2.24) is 4.90 Å². The van der Waals surface area contributed by atoms with E-state index in [1.807, 2.05) is 31.2 Å². The largest absolute Gasteiger partial charge is 0.418 e. The Morgan fingerprint density at radius 1 is 1.03 bits per heavy atom. The normalized spacial score (nSPS) is 15.1. The van der Waals surface area contributed by atoms with Gasteiger partial charge in [-0.25, -0.2) is 0 Å². The highest BCUT2D eigenvalue weighted by atomic mass is 19.4. The van der Waals surface area contributed by atoms with Crippen molar-refractivity contribution in [2.75, 3.05) is 38.0 Å². The molecular formula is C22H25F3N3O2+. The lowest BCUT2D eigenvalue weighted by Gasteiger charge is -2.32. The predicted octanol–water partition coefficient (Wildman–Crippen LogP) is 1.92. The topological polar surface area (TPSA) is 53.9 Å². The number of halogens is 3. The van der Waals surface area contributed by atoms with Crippen molar-refractivity contribution in [3.05, 3.63) is 65.2 Å². The first-order valence-electron chi connectivity index (χ1n) is 9.86. The smallest absolute Gasteiger partial charge is 0.331 e. The molecule has 160 valence electrons. The van der Waals surface area contributed by atoms with E-state index in [1.54, 1.807) is 4.90 Å². The van der Waals surface area contributed by atoms with Crippen LogP contribution in [0.4, 0.5) is 18.9 Å². The van der Waals surface area contributed by atoms with Crippen molar-refractivity contribution >= 4 is 17.5 Å². The highest BCUT2D eigenvalue weighted by molar-refractivity contribution is 5.92. The standard InChI is InChI=1S/C22H24F3N3O2/c1-16-6-2-3-7-17(16)14-21(30)28-12-10-27(11-13-28)15-20(29)26-19-9-5-4-8-18(19)22(23,24)25/h2-9H,10-15H2,1H3,(H,26,29)/p+1. The number of alkyl halides is 3. The van der Waals surface area contributed by atoms with Crippen molar-refractivity contribution < 1.29 is 27.7 Å². The Bertz CT molecular complexity index is 906. The molecule has 2 amide bonds. The Morgan fingerprint density at radius 3 is 2.33 bits per heavy atom. The second kappa shape index (κ2) is 9.30. The first-order valence-corrected chi connectivity index (χ1v) is 9.86. The fourth-order valence-electron chi connectivity index (χ4n) is 3.59. The lowest BCUT2D eigenvalue weighted by atomic mass is 10.1. The van der Waals surface area contributed by atoms with Crippen LogP contribution in [0, 0.1) is 6.92 Å². The fourth-order valence-corrected chi connectivity index (χ4v) is 3.59. The van der Waals surface area contributed by atoms with Crippen LogP contribution in [0.5, 0.6) is 0 Å². The summed E-state index contributed by atoms with van der Waals surface area (Å²) in [6.07, 6.45) is -4.18. The van der Waals surface area contributed by atoms with Gasteiger partial charge in [-0.3, -0.25) is 9.59 Å². The van der Waals surface area contributed by atoms with Crippen LogP contribution < -0.4 is 10.2 Å². The minimum Gasteiger partial charge on any atom is -0.331 e. The molecule has 2 aromatic carbocycles. The van der Waals surface area contributed by atoms with Gasteiger partial charge in [-0.2, -0.15) is 13.2 Å². The van der Waals surface area contributed by atoms with Gasteiger partial charge in [0, 0.05) is 0 Å². The average Bonchev–Trinajstić information content (AvgIpc) is 2.70.